The van der Waals surface area contributed by atoms with Gasteiger partial charge in [0.2, 0.25) is 10.0 Å². The Balaban J connectivity index is 1.67. The van der Waals surface area contributed by atoms with Gasteiger partial charge in [-0.05, 0) is 35.7 Å². The summed E-state index contributed by atoms with van der Waals surface area (Å²) in [6, 6.07) is 6.43. The summed E-state index contributed by atoms with van der Waals surface area (Å²) in [6.07, 6.45) is 0.200. The molecule has 0 amide bonds. The minimum atomic E-state index is -3.81. The van der Waals surface area contributed by atoms with Gasteiger partial charge in [-0.25, -0.2) is 17.2 Å². The fourth-order valence-corrected chi connectivity index (χ4v) is 4.56. The highest BCUT2D eigenvalue weighted by molar-refractivity contribution is 7.89. The van der Waals surface area contributed by atoms with Crippen LogP contribution in [0.15, 0.2) is 35.2 Å². The van der Waals surface area contributed by atoms with Gasteiger partial charge in [0.15, 0.2) is 11.5 Å². The van der Waals surface area contributed by atoms with E-state index in [-0.39, 0.29) is 24.4 Å². The molecule has 0 bridgehead atoms. The molecular weight excluding hydrogens is 352 g/mol. The number of benzene rings is 2. The summed E-state index contributed by atoms with van der Waals surface area (Å²) >= 11 is 0. The summed E-state index contributed by atoms with van der Waals surface area (Å²) in [5, 5.41) is 0. The monoisotopic (exact) mass is 367 g/mol. The van der Waals surface area contributed by atoms with Crippen molar-refractivity contribution in [2.45, 2.75) is 17.9 Å². The molecule has 0 fully saturated rings. The average Bonchev–Trinajstić information content (AvgIpc) is 2.60. The summed E-state index contributed by atoms with van der Waals surface area (Å²) in [4.78, 5) is 0.0667. The van der Waals surface area contributed by atoms with Crippen LogP contribution in [0.25, 0.3) is 0 Å². The first-order chi connectivity index (χ1) is 11.9. The van der Waals surface area contributed by atoms with Crippen LogP contribution < -0.4 is 9.47 Å². The van der Waals surface area contributed by atoms with Gasteiger partial charge in [-0.2, -0.15) is 4.31 Å². The molecule has 2 aliphatic rings. The number of fused-ring (bicyclic) bond motifs is 2. The molecule has 0 N–H and O–H groups in total. The number of hydrogen-bond donors (Lipinski definition) is 0. The number of rotatable bonds is 2. The summed E-state index contributed by atoms with van der Waals surface area (Å²) in [5.41, 5.74) is 0.722. The average molecular weight is 367 g/mol. The standard InChI is InChI=1S/C17H15F2NO4S/c18-12-7-11-10-20(4-3-14(11)15(19)8-12)25(21,22)13-1-2-16-17(9-13)24-6-5-23-16/h1-2,7-9H,3-6,10H2. The molecule has 8 heteroatoms. The fraction of sp³-hybridized carbons (Fsp3) is 0.294. The van der Waals surface area contributed by atoms with E-state index >= 15 is 0 Å². The fourth-order valence-electron chi connectivity index (χ4n) is 3.12. The SMILES string of the molecule is O=S(=O)(c1ccc2c(c1)OCCO2)N1CCc2c(F)cc(F)cc2C1. The maximum absolute atomic E-state index is 13.8. The third-order valence-electron chi connectivity index (χ3n) is 4.36. The van der Waals surface area contributed by atoms with Crippen LogP contribution in [0, 0.1) is 11.6 Å². The minimum Gasteiger partial charge on any atom is -0.486 e. The number of nitrogens with zero attached hydrogens (tertiary/aromatic N) is 1. The topological polar surface area (TPSA) is 55.8 Å². The van der Waals surface area contributed by atoms with Crippen LogP contribution in [0.4, 0.5) is 8.78 Å². The molecule has 2 aliphatic heterocycles. The van der Waals surface area contributed by atoms with E-state index in [1.165, 1.54) is 22.5 Å². The van der Waals surface area contributed by atoms with Gasteiger partial charge in [-0.1, -0.05) is 0 Å². The van der Waals surface area contributed by atoms with Gasteiger partial charge in [-0.3, -0.25) is 0 Å². The van der Waals surface area contributed by atoms with Crippen molar-refractivity contribution in [3.63, 3.8) is 0 Å². The van der Waals surface area contributed by atoms with Gasteiger partial charge in [0.1, 0.15) is 24.8 Å². The lowest BCUT2D eigenvalue weighted by Gasteiger charge is -2.29. The molecule has 2 aromatic carbocycles. The Kier molecular flexibility index (Phi) is 3.88. The van der Waals surface area contributed by atoms with Crippen molar-refractivity contribution in [1.82, 2.24) is 4.31 Å². The normalized spacial score (nSPS) is 17.2. The first kappa shape index (κ1) is 16.3. The molecule has 0 saturated carbocycles. The van der Waals surface area contributed by atoms with Gasteiger partial charge in [-0.15, -0.1) is 0 Å². The Hall–Kier alpha value is -2.19. The molecule has 132 valence electrons. The zero-order chi connectivity index (χ0) is 17.6. The third-order valence-corrected chi connectivity index (χ3v) is 6.20. The van der Waals surface area contributed by atoms with E-state index in [1.807, 2.05) is 0 Å². The van der Waals surface area contributed by atoms with Crippen LogP contribution in [-0.2, 0) is 23.0 Å². The van der Waals surface area contributed by atoms with Crippen molar-refractivity contribution >= 4 is 10.0 Å². The van der Waals surface area contributed by atoms with Crippen molar-refractivity contribution < 1.29 is 26.7 Å². The Labute approximate surface area is 143 Å². The number of ether oxygens (including phenoxy) is 2. The molecule has 25 heavy (non-hydrogen) atoms. The van der Waals surface area contributed by atoms with E-state index in [1.54, 1.807) is 6.07 Å². The van der Waals surface area contributed by atoms with E-state index in [2.05, 4.69) is 0 Å². The summed E-state index contributed by atoms with van der Waals surface area (Å²) in [6.45, 7) is 0.832. The molecular formula is C17H15F2NO4S. The molecule has 5 nitrogen and oxygen atoms in total. The van der Waals surface area contributed by atoms with E-state index in [0.717, 1.165) is 6.07 Å². The molecule has 0 unspecified atom stereocenters. The second-order valence-electron chi connectivity index (χ2n) is 5.92. The van der Waals surface area contributed by atoms with E-state index in [0.29, 0.717) is 35.8 Å². The van der Waals surface area contributed by atoms with Crippen molar-refractivity contribution in [2.75, 3.05) is 19.8 Å². The van der Waals surface area contributed by atoms with E-state index < -0.39 is 21.7 Å². The molecule has 2 aromatic rings. The Morgan fingerprint density at radius 1 is 1.00 bits per heavy atom. The summed E-state index contributed by atoms with van der Waals surface area (Å²) in [5.74, 6) is -0.471. The van der Waals surface area contributed by atoms with Crippen molar-refractivity contribution in [2.24, 2.45) is 0 Å². The Bertz CT molecular complexity index is 946. The lowest BCUT2D eigenvalue weighted by molar-refractivity contribution is 0.171. The summed E-state index contributed by atoms with van der Waals surface area (Å²) in [7, 11) is -3.81. The van der Waals surface area contributed by atoms with Crippen molar-refractivity contribution in [3.8, 4) is 11.5 Å². The first-order valence-corrected chi connectivity index (χ1v) is 9.26. The zero-order valence-electron chi connectivity index (χ0n) is 13.2. The van der Waals surface area contributed by atoms with Gasteiger partial charge in [0.25, 0.3) is 0 Å². The molecule has 4 rings (SSSR count). The lowest BCUT2D eigenvalue weighted by Crippen LogP contribution is -2.36. The molecule has 0 aromatic heterocycles. The predicted molar refractivity (Wildman–Crippen MR) is 85.1 cm³/mol. The smallest absolute Gasteiger partial charge is 0.243 e. The highest BCUT2D eigenvalue weighted by atomic mass is 32.2. The quantitative estimate of drug-likeness (QED) is 0.818. The van der Waals surface area contributed by atoms with E-state index in [4.69, 9.17) is 9.47 Å². The zero-order valence-corrected chi connectivity index (χ0v) is 14.0. The van der Waals surface area contributed by atoms with Crippen molar-refractivity contribution in [1.29, 1.82) is 0 Å². The number of hydrogen-bond acceptors (Lipinski definition) is 4. The number of halogens is 2. The second-order valence-corrected chi connectivity index (χ2v) is 7.86. The van der Waals surface area contributed by atoms with Crippen LogP contribution >= 0.6 is 0 Å². The van der Waals surface area contributed by atoms with Gasteiger partial charge < -0.3 is 9.47 Å². The van der Waals surface area contributed by atoms with Gasteiger partial charge in [0, 0.05) is 25.2 Å². The maximum atomic E-state index is 13.8. The first-order valence-electron chi connectivity index (χ1n) is 7.82. The van der Waals surface area contributed by atoms with Gasteiger partial charge in [0.05, 0.1) is 4.90 Å². The maximum Gasteiger partial charge on any atom is 0.243 e. The van der Waals surface area contributed by atoms with Gasteiger partial charge >= 0.3 is 0 Å². The molecule has 0 radical (unpaired) electrons. The molecule has 2 heterocycles. The predicted octanol–water partition coefficient (Wildman–Crippen LogP) is 2.48. The number of sulfonamides is 1. The lowest BCUT2D eigenvalue weighted by atomic mass is 10.0. The Morgan fingerprint density at radius 2 is 1.76 bits per heavy atom. The van der Waals surface area contributed by atoms with Crippen LogP contribution in [0.2, 0.25) is 0 Å². The van der Waals surface area contributed by atoms with Crippen LogP contribution in [0.1, 0.15) is 11.1 Å². The van der Waals surface area contributed by atoms with E-state index in [9.17, 15) is 17.2 Å². The molecule has 0 aliphatic carbocycles. The highest BCUT2D eigenvalue weighted by Crippen LogP contribution is 2.34. The Morgan fingerprint density at radius 3 is 2.56 bits per heavy atom. The second kappa shape index (κ2) is 5.96. The minimum absolute atomic E-state index is 0.0667. The summed E-state index contributed by atoms with van der Waals surface area (Å²) < 4.78 is 65.1. The molecule has 0 spiro atoms. The third kappa shape index (κ3) is 2.85. The largest absolute Gasteiger partial charge is 0.486 e. The van der Waals surface area contributed by atoms with Crippen LogP contribution in [0.5, 0.6) is 11.5 Å². The molecule has 0 atom stereocenters. The highest BCUT2D eigenvalue weighted by Gasteiger charge is 2.31. The van der Waals surface area contributed by atoms with Crippen LogP contribution in [0.3, 0.4) is 0 Å². The van der Waals surface area contributed by atoms with Crippen LogP contribution in [-0.4, -0.2) is 32.5 Å². The van der Waals surface area contributed by atoms with Crippen molar-refractivity contribution in [3.05, 3.63) is 53.1 Å². The molecule has 0 saturated heterocycles.